The average molecular weight is 455 g/mol. The minimum absolute atomic E-state index is 0. The van der Waals surface area contributed by atoms with Crippen molar-refractivity contribution in [3.63, 3.8) is 0 Å². The van der Waals surface area contributed by atoms with Gasteiger partial charge in [0.05, 0.1) is 0 Å². The summed E-state index contributed by atoms with van der Waals surface area (Å²) in [5, 5.41) is 0. The van der Waals surface area contributed by atoms with Gasteiger partial charge in [0.1, 0.15) is 0 Å². The van der Waals surface area contributed by atoms with Gasteiger partial charge < -0.3 is 0 Å². The molecular formula is C22H40N2NiO2S. The number of nitrogens with zero attached hydrogens (tertiary/aromatic N) is 1. The Balaban J connectivity index is 0.00000729. The van der Waals surface area contributed by atoms with Gasteiger partial charge in [0.25, 0.3) is 0 Å². The maximum Gasteiger partial charge on any atom is 0.301 e. The fourth-order valence-corrected chi connectivity index (χ4v) is 4.51. The number of benzene rings is 1. The normalized spacial score (nSPS) is 11.4. The van der Waals surface area contributed by atoms with E-state index in [-0.39, 0.29) is 16.5 Å². The zero-order valence-corrected chi connectivity index (χ0v) is 19.6. The largest absolute Gasteiger partial charge is 0.301 e. The maximum absolute atomic E-state index is 12.8. The topological polar surface area (TPSA) is 49.4 Å². The molecule has 0 aromatic heterocycles. The number of hydrogen-bond donors (Lipinski definition) is 1. The molecule has 4 nitrogen and oxygen atoms in total. The van der Waals surface area contributed by atoms with E-state index in [9.17, 15) is 8.42 Å². The van der Waals surface area contributed by atoms with Gasteiger partial charge in [0, 0.05) is 35.3 Å². The Morgan fingerprint density at radius 3 is 1.61 bits per heavy atom. The first-order valence-corrected chi connectivity index (χ1v) is 12.4. The van der Waals surface area contributed by atoms with Crippen molar-refractivity contribution in [2.45, 2.75) is 90.9 Å². The van der Waals surface area contributed by atoms with E-state index in [1.807, 2.05) is 18.2 Å². The Morgan fingerprint density at radius 1 is 0.714 bits per heavy atom. The number of para-hydroxylation sites is 1. The molecule has 0 aliphatic heterocycles. The summed E-state index contributed by atoms with van der Waals surface area (Å²) in [6, 6.07) is 9.19. The van der Waals surface area contributed by atoms with E-state index >= 15 is 0 Å². The number of unbranched alkanes of at least 4 members (excludes halogenated alkanes) is 10. The van der Waals surface area contributed by atoms with Gasteiger partial charge in [0.15, 0.2) is 0 Å². The fourth-order valence-electron chi connectivity index (χ4n) is 3.21. The molecule has 0 bridgehead atoms. The molecule has 0 fully saturated rings. The molecule has 1 N–H and O–H groups in total. The first-order valence-electron chi connectivity index (χ1n) is 10.9. The van der Waals surface area contributed by atoms with Crippen LogP contribution < -0.4 is 4.72 Å². The Bertz CT molecular complexity index is 551. The predicted octanol–water partition coefficient (Wildman–Crippen LogP) is 6.36. The van der Waals surface area contributed by atoms with Crippen molar-refractivity contribution < 1.29 is 24.9 Å². The third-order valence-corrected chi connectivity index (χ3v) is 6.42. The summed E-state index contributed by atoms with van der Waals surface area (Å²) in [6.07, 6.45) is 14.0. The summed E-state index contributed by atoms with van der Waals surface area (Å²) in [5.41, 5.74) is 0.633. The summed E-state index contributed by atoms with van der Waals surface area (Å²) in [7, 11) is -3.49. The van der Waals surface area contributed by atoms with Crippen LogP contribution in [0, 0.1) is 0 Å². The molecule has 0 heterocycles. The molecule has 6 heteroatoms. The standard InChI is InChI=1S/C22H40N2O2S.Ni/c1-3-5-7-9-11-16-20-24(21-17-12-10-8-6-4-2)27(25,26)23-22-18-14-13-15-19-22;/h13-15,18-19,23H,3-12,16-17,20-21H2,1-2H3;. The van der Waals surface area contributed by atoms with Crippen LogP contribution in [0.5, 0.6) is 0 Å². The molecule has 0 spiro atoms. The quantitative estimate of drug-likeness (QED) is 0.219. The van der Waals surface area contributed by atoms with Crippen LogP contribution in [-0.2, 0) is 26.7 Å². The minimum atomic E-state index is -3.49. The molecule has 0 unspecified atom stereocenters. The van der Waals surface area contributed by atoms with Gasteiger partial charge >= 0.3 is 10.2 Å². The number of anilines is 1. The van der Waals surface area contributed by atoms with Crippen LogP contribution in [0.25, 0.3) is 0 Å². The molecule has 1 rings (SSSR count). The summed E-state index contributed by atoms with van der Waals surface area (Å²) in [6.45, 7) is 5.65. The van der Waals surface area contributed by atoms with Crippen LogP contribution in [-0.4, -0.2) is 25.8 Å². The van der Waals surface area contributed by atoms with E-state index in [1.165, 1.54) is 51.4 Å². The number of nitrogens with one attached hydrogen (secondary N) is 1. The van der Waals surface area contributed by atoms with Crippen molar-refractivity contribution in [2.75, 3.05) is 17.8 Å². The van der Waals surface area contributed by atoms with Gasteiger partial charge in [-0.2, -0.15) is 12.7 Å². The maximum atomic E-state index is 12.8. The van der Waals surface area contributed by atoms with Gasteiger partial charge in [-0.15, -0.1) is 0 Å². The van der Waals surface area contributed by atoms with E-state index < -0.39 is 10.2 Å². The molecule has 1 aromatic carbocycles. The Kier molecular flexibility index (Phi) is 16.9. The fraction of sp³-hybridized carbons (Fsp3) is 0.727. The summed E-state index contributed by atoms with van der Waals surface area (Å²) in [5.74, 6) is 0. The van der Waals surface area contributed by atoms with Crippen LogP contribution in [0.3, 0.4) is 0 Å². The smallest absolute Gasteiger partial charge is 0.271 e. The Labute approximate surface area is 184 Å². The van der Waals surface area contributed by atoms with Crippen molar-refractivity contribution in [2.24, 2.45) is 0 Å². The second-order valence-electron chi connectivity index (χ2n) is 7.41. The van der Waals surface area contributed by atoms with Crippen LogP contribution in [0.15, 0.2) is 30.3 Å². The zero-order chi connectivity index (χ0) is 19.8. The second-order valence-corrected chi connectivity index (χ2v) is 9.08. The van der Waals surface area contributed by atoms with Crippen LogP contribution in [0.1, 0.15) is 90.9 Å². The molecule has 0 aliphatic rings. The first kappa shape index (κ1) is 27.4. The van der Waals surface area contributed by atoms with Crippen LogP contribution >= 0.6 is 0 Å². The van der Waals surface area contributed by atoms with Crippen molar-refractivity contribution in [1.29, 1.82) is 0 Å². The van der Waals surface area contributed by atoms with Gasteiger partial charge in [-0.1, -0.05) is 96.3 Å². The predicted molar refractivity (Wildman–Crippen MR) is 117 cm³/mol. The molecular weight excluding hydrogens is 415 g/mol. The van der Waals surface area contributed by atoms with Gasteiger partial charge in [-0.05, 0) is 25.0 Å². The van der Waals surface area contributed by atoms with E-state index in [1.54, 1.807) is 16.4 Å². The molecule has 0 saturated carbocycles. The zero-order valence-electron chi connectivity index (χ0n) is 17.8. The molecule has 0 aliphatic carbocycles. The molecule has 0 atom stereocenters. The monoisotopic (exact) mass is 454 g/mol. The van der Waals surface area contributed by atoms with E-state index in [2.05, 4.69) is 18.6 Å². The van der Waals surface area contributed by atoms with Gasteiger partial charge in [-0.3, -0.25) is 4.72 Å². The number of hydrogen-bond acceptors (Lipinski definition) is 2. The second kappa shape index (κ2) is 17.3. The van der Waals surface area contributed by atoms with Gasteiger partial charge in [-0.25, -0.2) is 0 Å². The molecule has 0 saturated heterocycles. The summed E-state index contributed by atoms with van der Waals surface area (Å²) in [4.78, 5) is 0. The molecule has 28 heavy (non-hydrogen) atoms. The number of rotatable bonds is 17. The summed E-state index contributed by atoms with van der Waals surface area (Å²) < 4.78 is 30.1. The first-order chi connectivity index (χ1) is 13.1. The van der Waals surface area contributed by atoms with Crippen molar-refractivity contribution in [1.82, 2.24) is 4.31 Å². The molecule has 0 amide bonds. The van der Waals surface area contributed by atoms with Crippen LogP contribution in [0.4, 0.5) is 5.69 Å². The minimum Gasteiger partial charge on any atom is -0.271 e. The average Bonchev–Trinajstić information content (AvgIpc) is 2.65. The molecule has 0 radical (unpaired) electrons. The van der Waals surface area contributed by atoms with E-state index in [0.29, 0.717) is 18.8 Å². The van der Waals surface area contributed by atoms with Crippen molar-refractivity contribution >= 4 is 15.9 Å². The third kappa shape index (κ3) is 12.8. The molecule has 1 aromatic rings. The van der Waals surface area contributed by atoms with Crippen molar-refractivity contribution in [3.05, 3.63) is 30.3 Å². The summed E-state index contributed by atoms with van der Waals surface area (Å²) >= 11 is 0. The SMILES string of the molecule is CCCCCCCCN(CCCCCCCC)S(=O)(=O)Nc1ccccc1.[Ni]. The van der Waals surface area contributed by atoms with Crippen LogP contribution in [0.2, 0.25) is 0 Å². The Morgan fingerprint density at radius 2 is 1.14 bits per heavy atom. The molecule has 166 valence electrons. The van der Waals surface area contributed by atoms with E-state index in [4.69, 9.17) is 0 Å². The third-order valence-electron chi connectivity index (χ3n) is 4.88. The van der Waals surface area contributed by atoms with E-state index in [0.717, 1.165) is 25.7 Å². The van der Waals surface area contributed by atoms with Gasteiger partial charge in [0.2, 0.25) is 0 Å². The Hall–Kier alpha value is -0.576. The van der Waals surface area contributed by atoms with Crippen molar-refractivity contribution in [3.8, 4) is 0 Å².